The van der Waals surface area contributed by atoms with Crippen molar-refractivity contribution in [2.24, 2.45) is 0 Å². The number of nitrogens with zero attached hydrogens (tertiary/aromatic N) is 1. The molecule has 0 fully saturated rings. The zero-order valence-corrected chi connectivity index (χ0v) is 25.7. The zero-order valence-electron chi connectivity index (χ0n) is 19.0. The maximum Gasteiger partial charge on any atom is 0.197 e. The molecule has 0 amide bonds. The lowest BCUT2D eigenvalue weighted by atomic mass is 9.98. The van der Waals surface area contributed by atoms with Crippen molar-refractivity contribution in [2.75, 3.05) is 34.3 Å². The summed E-state index contributed by atoms with van der Waals surface area (Å²) in [5, 5.41) is 0.893. The number of furan rings is 1. The smallest absolute Gasteiger partial charge is 0.197 e. The van der Waals surface area contributed by atoms with Crippen LogP contribution in [-0.4, -0.2) is 44.6 Å². The first-order chi connectivity index (χ1) is 14.7. The van der Waals surface area contributed by atoms with E-state index in [1.54, 1.807) is 0 Å². The Morgan fingerprint density at radius 3 is 2.34 bits per heavy atom. The summed E-state index contributed by atoms with van der Waals surface area (Å²) < 4.78 is 15.0. The Bertz CT molecular complexity index is 1050. The van der Waals surface area contributed by atoms with Gasteiger partial charge in [-0.25, -0.2) is 0 Å². The SMILES string of the molecule is CCCCc1oc2ccccc2c1C(=O)c1cc(I)c(OCCC[N+](C)(C)C)c(I)c1.I. The molecule has 3 aromatic rings. The molecule has 0 aliphatic heterocycles. The van der Waals surface area contributed by atoms with Gasteiger partial charge in [0, 0.05) is 23.8 Å². The van der Waals surface area contributed by atoms with Crippen LogP contribution in [0.1, 0.15) is 47.9 Å². The van der Waals surface area contributed by atoms with Crippen LogP contribution in [0.25, 0.3) is 11.0 Å². The van der Waals surface area contributed by atoms with Crippen molar-refractivity contribution in [3.8, 4) is 5.75 Å². The quantitative estimate of drug-likeness (QED) is 0.0940. The molecule has 0 N–H and O–H groups in total. The number of quaternary nitrogens is 1. The molecule has 0 unspecified atom stereocenters. The largest absolute Gasteiger partial charge is 0.491 e. The highest BCUT2D eigenvalue weighted by Gasteiger charge is 2.23. The number of carbonyl (C=O) groups is 1. The number of fused-ring (bicyclic) bond motifs is 1. The van der Waals surface area contributed by atoms with Crippen LogP contribution in [0, 0.1) is 7.14 Å². The van der Waals surface area contributed by atoms with Gasteiger partial charge in [-0.1, -0.05) is 31.5 Å². The average molecular weight is 774 g/mol. The van der Waals surface area contributed by atoms with Crippen LogP contribution in [0.5, 0.6) is 5.75 Å². The van der Waals surface area contributed by atoms with E-state index in [9.17, 15) is 4.79 Å². The zero-order chi connectivity index (χ0) is 22.6. The highest BCUT2D eigenvalue weighted by atomic mass is 127. The second-order valence-corrected chi connectivity index (χ2v) is 11.1. The van der Waals surface area contributed by atoms with Gasteiger partial charge in [-0.2, -0.15) is 0 Å². The van der Waals surface area contributed by atoms with Gasteiger partial charge in [0.2, 0.25) is 0 Å². The normalized spacial score (nSPS) is 11.4. The predicted octanol–water partition coefficient (Wildman–Crippen LogP) is 7.31. The summed E-state index contributed by atoms with van der Waals surface area (Å²) in [6.07, 6.45) is 3.81. The molecular formula is C25H31I3NO3+. The van der Waals surface area contributed by atoms with Crippen LogP contribution >= 0.6 is 69.2 Å². The van der Waals surface area contributed by atoms with Gasteiger partial charge in [-0.15, -0.1) is 24.0 Å². The van der Waals surface area contributed by atoms with Gasteiger partial charge in [-0.05, 0) is 69.8 Å². The number of hydrogen-bond donors (Lipinski definition) is 0. The predicted molar refractivity (Wildman–Crippen MR) is 159 cm³/mol. The van der Waals surface area contributed by atoms with E-state index in [0.29, 0.717) is 17.7 Å². The standard InChI is InChI=1S/C25H30I2NO3.HI/c1-5-6-11-22-23(18-10-7-8-12-21(18)31-22)24(29)17-15-19(26)25(20(27)16-17)30-14-9-13-28(2,3)4;/h7-8,10,12,15-16H,5-6,9,11,13-14H2,1-4H3;1H/q+1;. The Hall–Kier alpha value is -0.400. The van der Waals surface area contributed by atoms with Gasteiger partial charge < -0.3 is 13.6 Å². The number of rotatable bonds is 10. The van der Waals surface area contributed by atoms with E-state index >= 15 is 0 Å². The Kier molecular flexibility index (Phi) is 10.7. The monoisotopic (exact) mass is 774 g/mol. The Morgan fingerprint density at radius 2 is 1.72 bits per heavy atom. The lowest BCUT2D eigenvalue weighted by Gasteiger charge is -2.23. The molecule has 174 valence electrons. The Balaban J connectivity index is 0.00000363. The number of hydrogen-bond acceptors (Lipinski definition) is 3. The van der Waals surface area contributed by atoms with E-state index in [1.165, 1.54) is 0 Å². The third-order valence-electron chi connectivity index (χ3n) is 5.13. The minimum Gasteiger partial charge on any atom is -0.491 e. The summed E-state index contributed by atoms with van der Waals surface area (Å²) >= 11 is 4.54. The van der Waals surface area contributed by atoms with Crippen LogP contribution in [-0.2, 0) is 6.42 Å². The Labute approximate surface area is 235 Å². The van der Waals surface area contributed by atoms with Crippen molar-refractivity contribution in [1.82, 2.24) is 0 Å². The maximum absolute atomic E-state index is 13.6. The summed E-state index contributed by atoms with van der Waals surface area (Å²) in [7, 11) is 6.55. The van der Waals surface area contributed by atoms with E-state index in [0.717, 1.165) is 66.3 Å². The number of ether oxygens (including phenoxy) is 1. The van der Waals surface area contributed by atoms with Crippen LogP contribution in [0.15, 0.2) is 40.8 Å². The van der Waals surface area contributed by atoms with Gasteiger partial charge >= 0.3 is 0 Å². The molecule has 0 spiro atoms. The summed E-state index contributed by atoms with van der Waals surface area (Å²) in [6, 6.07) is 11.7. The first-order valence-corrected chi connectivity index (χ1v) is 12.8. The number of para-hydroxylation sites is 1. The molecule has 1 heterocycles. The van der Waals surface area contributed by atoms with Crippen LogP contribution in [0.4, 0.5) is 0 Å². The van der Waals surface area contributed by atoms with Crippen molar-refractivity contribution in [1.29, 1.82) is 0 Å². The fraction of sp³-hybridized carbons (Fsp3) is 0.400. The highest BCUT2D eigenvalue weighted by Crippen LogP contribution is 2.33. The lowest BCUT2D eigenvalue weighted by Crippen LogP contribution is -2.36. The van der Waals surface area contributed by atoms with E-state index in [1.807, 2.05) is 36.4 Å². The first kappa shape index (κ1) is 27.8. The van der Waals surface area contributed by atoms with Gasteiger partial charge in [-0.3, -0.25) is 4.79 Å². The molecule has 0 radical (unpaired) electrons. The number of unbranched alkanes of at least 4 members (excludes halogenated alkanes) is 1. The van der Waals surface area contributed by atoms with Gasteiger partial charge in [0.1, 0.15) is 17.1 Å². The third kappa shape index (κ3) is 7.05. The molecule has 4 nitrogen and oxygen atoms in total. The maximum atomic E-state index is 13.6. The van der Waals surface area contributed by atoms with Crippen LogP contribution in [0.3, 0.4) is 0 Å². The van der Waals surface area contributed by atoms with Crippen LogP contribution < -0.4 is 4.74 Å². The van der Waals surface area contributed by atoms with E-state index in [2.05, 4.69) is 73.2 Å². The molecule has 3 rings (SSSR count). The fourth-order valence-corrected chi connectivity index (χ4v) is 5.62. The van der Waals surface area contributed by atoms with Crippen molar-refractivity contribution < 1.29 is 18.4 Å². The molecule has 0 aliphatic carbocycles. The summed E-state index contributed by atoms with van der Waals surface area (Å²) in [5.74, 6) is 1.67. The van der Waals surface area contributed by atoms with Gasteiger partial charge in [0.15, 0.2) is 5.78 Å². The topological polar surface area (TPSA) is 39.4 Å². The fourth-order valence-electron chi connectivity index (χ4n) is 3.54. The third-order valence-corrected chi connectivity index (χ3v) is 6.74. The minimum atomic E-state index is 0. The lowest BCUT2D eigenvalue weighted by molar-refractivity contribution is -0.870. The molecule has 32 heavy (non-hydrogen) atoms. The molecule has 0 saturated heterocycles. The van der Waals surface area contributed by atoms with Crippen molar-refractivity contribution in [3.63, 3.8) is 0 Å². The van der Waals surface area contributed by atoms with E-state index in [4.69, 9.17) is 9.15 Å². The van der Waals surface area contributed by atoms with Crippen molar-refractivity contribution in [3.05, 3.63) is 60.4 Å². The second-order valence-electron chi connectivity index (χ2n) is 8.81. The summed E-state index contributed by atoms with van der Waals surface area (Å²) in [6.45, 7) is 3.87. The van der Waals surface area contributed by atoms with Crippen LogP contribution in [0.2, 0.25) is 0 Å². The summed E-state index contributed by atoms with van der Waals surface area (Å²) in [4.78, 5) is 13.6. The minimum absolute atomic E-state index is 0. The van der Waals surface area contributed by atoms with Crippen molar-refractivity contribution in [2.45, 2.75) is 32.6 Å². The molecule has 1 aromatic heterocycles. The summed E-state index contributed by atoms with van der Waals surface area (Å²) in [5.41, 5.74) is 2.16. The molecule has 2 aromatic carbocycles. The van der Waals surface area contributed by atoms with E-state index < -0.39 is 0 Å². The molecular weight excluding hydrogens is 743 g/mol. The highest BCUT2D eigenvalue weighted by molar-refractivity contribution is 14.1. The first-order valence-electron chi connectivity index (χ1n) is 10.7. The average Bonchev–Trinajstić information content (AvgIpc) is 3.07. The van der Waals surface area contributed by atoms with Gasteiger partial charge in [0.25, 0.3) is 0 Å². The number of ketones is 1. The number of benzene rings is 2. The number of halogens is 3. The molecule has 0 aliphatic rings. The van der Waals surface area contributed by atoms with Gasteiger partial charge in [0.05, 0.1) is 47.0 Å². The Morgan fingerprint density at radius 1 is 1.06 bits per heavy atom. The van der Waals surface area contributed by atoms with Crippen molar-refractivity contribution >= 4 is 85.9 Å². The molecule has 0 saturated carbocycles. The molecule has 0 bridgehead atoms. The number of carbonyl (C=O) groups excluding carboxylic acids is 1. The molecule has 7 heteroatoms. The van der Waals surface area contributed by atoms with E-state index in [-0.39, 0.29) is 29.8 Å². The second kappa shape index (κ2) is 12.3. The molecule has 0 atom stereocenters. The number of aryl methyl sites for hydroxylation is 1.